The number of carboxylic acid groups (broad SMARTS) is 1. The van der Waals surface area contributed by atoms with Crippen molar-refractivity contribution >= 4 is 28.0 Å². The Hall–Kier alpha value is -2.45. The number of hydrogen-bond acceptors (Lipinski definition) is 5. The highest BCUT2D eigenvalue weighted by molar-refractivity contribution is 9.10. The zero-order chi connectivity index (χ0) is 21.2. The Morgan fingerprint density at radius 3 is 2.60 bits per heavy atom. The van der Waals surface area contributed by atoms with E-state index in [1.807, 2.05) is 42.5 Å². The first kappa shape index (κ1) is 20.8. The molecule has 1 amide bonds. The van der Waals surface area contributed by atoms with Gasteiger partial charge in [-0.05, 0) is 46.8 Å². The highest BCUT2D eigenvalue weighted by Crippen LogP contribution is 2.56. The molecule has 1 aliphatic carbocycles. The van der Waals surface area contributed by atoms with Gasteiger partial charge < -0.3 is 19.5 Å². The number of pyridine rings is 1. The zero-order valence-electron chi connectivity index (χ0n) is 16.4. The predicted molar refractivity (Wildman–Crippen MR) is 112 cm³/mol. The van der Waals surface area contributed by atoms with E-state index in [1.165, 1.54) is 0 Å². The van der Waals surface area contributed by atoms with Gasteiger partial charge in [-0.1, -0.05) is 36.4 Å². The predicted octanol–water partition coefficient (Wildman–Crippen LogP) is 3.96. The van der Waals surface area contributed by atoms with Crippen LogP contribution in [0.3, 0.4) is 0 Å². The Morgan fingerprint density at radius 1 is 1.13 bits per heavy atom. The Bertz CT molecular complexity index is 932. The lowest BCUT2D eigenvalue weighted by Gasteiger charge is -2.48. The van der Waals surface area contributed by atoms with E-state index in [0.29, 0.717) is 30.5 Å². The standard InChI is InChI=1S/C22H23BrN2O5/c23-19-17(7-4-10-24-19)22(30-12-18(26)27)9-8-21(13-22)14-25(15-21)20(28)29-11-16-5-2-1-3-6-16/h1-7,10H,8-9,11-15H2,(H,26,27). The summed E-state index contributed by atoms with van der Waals surface area (Å²) in [4.78, 5) is 29.6. The van der Waals surface area contributed by atoms with E-state index in [2.05, 4.69) is 20.9 Å². The van der Waals surface area contributed by atoms with Crippen LogP contribution in [0.4, 0.5) is 4.79 Å². The lowest BCUT2D eigenvalue weighted by atomic mass is 9.76. The van der Waals surface area contributed by atoms with E-state index in [1.54, 1.807) is 11.1 Å². The van der Waals surface area contributed by atoms with Crippen molar-refractivity contribution in [2.75, 3.05) is 19.7 Å². The molecule has 7 nitrogen and oxygen atoms in total. The molecule has 2 heterocycles. The van der Waals surface area contributed by atoms with E-state index < -0.39 is 11.6 Å². The molecule has 1 atom stereocenters. The Kier molecular flexibility index (Phi) is 5.79. The Morgan fingerprint density at radius 2 is 1.90 bits per heavy atom. The van der Waals surface area contributed by atoms with Crippen LogP contribution in [0.1, 0.15) is 30.4 Å². The first-order chi connectivity index (χ1) is 14.4. The highest BCUT2D eigenvalue weighted by Gasteiger charge is 2.57. The van der Waals surface area contributed by atoms with Gasteiger partial charge in [0.1, 0.15) is 17.8 Å². The summed E-state index contributed by atoms with van der Waals surface area (Å²) >= 11 is 3.48. The molecule has 2 aromatic rings. The number of carbonyl (C=O) groups excluding carboxylic acids is 1. The number of carbonyl (C=O) groups is 2. The number of benzene rings is 1. The summed E-state index contributed by atoms with van der Waals surface area (Å²) in [6.45, 7) is 1.03. The van der Waals surface area contributed by atoms with E-state index in [0.717, 1.165) is 17.5 Å². The quantitative estimate of drug-likeness (QED) is 0.637. The van der Waals surface area contributed by atoms with Gasteiger partial charge in [0.2, 0.25) is 0 Å². The zero-order valence-corrected chi connectivity index (χ0v) is 18.0. The molecule has 30 heavy (non-hydrogen) atoms. The minimum absolute atomic E-state index is 0.0977. The number of hydrogen-bond donors (Lipinski definition) is 1. The van der Waals surface area contributed by atoms with Crippen LogP contribution in [0.5, 0.6) is 0 Å². The first-order valence-electron chi connectivity index (χ1n) is 9.84. The topological polar surface area (TPSA) is 89.0 Å². The number of nitrogens with zero attached hydrogens (tertiary/aromatic N) is 2. The third-order valence-electron chi connectivity index (χ3n) is 5.96. The maximum Gasteiger partial charge on any atom is 0.410 e. The molecule has 1 aliphatic heterocycles. The van der Waals surface area contributed by atoms with Gasteiger partial charge in [-0.2, -0.15) is 0 Å². The van der Waals surface area contributed by atoms with Crippen LogP contribution in [0.25, 0.3) is 0 Å². The van der Waals surface area contributed by atoms with Gasteiger partial charge in [0.15, 0.2) is 0 Å². The molecule has 158 valence electrons. The molecule has 1 N–H and O–H groups in total. The molecule has 1 saturated heterocycles. The third kappa shape index (κ3) is 4.20. The SMILES string of the molecule is O=C(O)COC1(c2cccnc2Br)CCC2(CN(C(=O)OCc3ccccc3)C2)C1. The summed E-state index contributed by atoms with van der Waals surface area (Å²) in [7, 11) is 0. The van der Waals surface area contributed by atoms with Gasteiger partial charge in [0.05, 0.1) is 5.60 Å². The van der Waals surface area contributed by atoms with Gasteiger partial charge in [-0.25, -0.2) is 14.6 Å². The molecular weight excluding hydrogens is 452 g/mol. The maximum absolute atomic E-state index is 12.4. The van der Waals surface area contributed by atoms with Crippen LogP contribution in [0.15, 0.2) is 53.3 Å². The minimum atomic E-state index is -1.00. The smallest absolute Gasteiger partial charge is 0.410 e. The monoisotopic (exact) mass is 474 g/mol. The molecule has 4 rings (SSSR count). The van der Waals surface area contributed by atoms with Gasteiger partial charge >= 0.3 is 12.1 Å². The third-order valence-corrected chi connectivity index (χ3v) is 6.59. The molecule has 8 heteroatoms. The number of likely N-dealkylation sites (tertiary alicyclic amines) is 1. The minimum Gasteiger partial charge on any atom is -0.480 e. The summed E-state index contributed by atoms with van der Waals surface area (Å²) in [5.74, 6) is -1.00. The second-order valence-corrected chi connectivity index (χ2v) is 8.84. The summed E-state index contributed by atoms with van der Waals surface area (Å²) < 4.78 is 12.0. The van der Waals surface area contributed by atoms with Gasteiger partial charge in [0, 0.05) is 30.3 Å². The number of ether oxygens (including phenoxy) is 2. The normalized spacial score (nSPS) is 22.0. The largest absolute Gasteiger partial charge is 0.480 e. The molecule has 1 aromatic carbocycles. The van der Waals surface area contributed by atoms with E-state index in [4.69, 9.17) is 14.6 Å². The number of halogens is 1. The van der Waals surface area contributed by atoms with Crippen molar-refractivity contribution in [3.63, 3.8) is 0 Å². The summed E-state index contributed by atoms with van der Waals surface area (Å²) in [6.07, 6.45) is 3.52. The molecule has 1 spiro atoms. The van der Waals surface area contributed by atoms with Crippen LogP contribution < -0.4 is 0 Å². The number of rotatable bonds is 6. The molecule has 1 unspecified atom stereocenters. The fourth-order valence-electron chi connectivity index (χ4n) is 4.58. The lowest BCUT2D eigenvalue weighted by Crippen LogP contribution is -2.58. The second-order valence-electron chi connectivity index (χ2n) is 8.09. The summed E-state index contributed by atoms with van der Waals surface area (Å²) in [6, 6.07) is 13.3. The van der Waals surface area contributed by atoms with Gasteiger partial charge in [-0.3, -0.25) is 0 Å². The van der Waals surface area contributed by atoms with E-state index >= 15 is 0 Å². The number of amides is 1. The molecular formula is C22H23BrN2O5. The summed E-state index contributed by atoms with van der Waals surface area (Å²) in [5.41, 5.74) is 0.975. The van der Waals surface area contributed by atoms with Crippen LogP contribution in [0, 0.1) is 5.41 Å². The summed E-state index contributed by atoms with van der Waals surface area (Å²) in [5, 5.41) is 9.15. The van der Waals surface area contributed by atoms with Crippen molar-refractivity contribution in [2.24, 2.45) is 5.41 Å². The van der Waals surface area contributed by atoms with Crippen molar-refractivity contribution in [3.05, 3.63) is 64.4 Å². The molecule has 2 aliphatic rings. The lowest BCUT2D eigenvalue weighted by molar-refractivity contribution is -0.152. The molecule has 1 saturated carbocycles. The average molecular weight is 475 g/mol. The van der Waals surface area contributed by atoms with Crippen LogP contribution in [-0.2, 0) is 26.5 Å². The van der Waals surface area contributed by atoms with Crippen molar-refractivity contribution < 1.29 is 24.2 Å². The Labute approximate surface area is 183 Å². The van der Waals surface area contributed by atoms with Crippen LogP contribution in [0.2, 0.25) is 0 Å². The van der Waals surface area contributed by atoms with Gasteiger partial charge in [0.25, 0.3) is 0 Å². The highest BCUT2D eigenvalue weighted by atomic mass is 79.9. The second kappa shape index (κ2) is 8.35. The Balaban J connectivity index is 1.41. The fourth-order valence-corrected chi connectivity index (χ4v) is 5.19. The first-order valence-corrected chi connectivity index (χ1v) is 10.6. The van der Waals surface area contributed by atoms with Crippen molar-refractivity contribution in [1.82, 2.24) is 9.88 Å². The van der Waals surface area contributed by atoms with E-state index in [-0.39, 0.29) is 24.7 Å². The van der Waals surface area contributed by atoms with Crippen LogP contribution >= 0.6 is 15.9 Å². The van der Waals surface area contributed by atoms with Crippen molar-refractivity contribution in [3.8, 4) is 0 Å². The molecule has 2 fully saturated rings. The molecule has 0 radical (unpaired) electrons. The van der Waals surface area contributed by atoms with Crippen molar-refractivity contribution in [2.45, 2.75) is 31.5 Å². The number of aliphatic carboxylic acids is 1. The van der Waals surface area contributed by atoms with Crippen molar-refractivity contribution in [1.29, 1.82) is 0 Å². The number of aromatic nitrogens is 1. The fraction of sp³-hybridized carbons (Fsp3) is 0.409. The van der Waals surface area contributed by atoms with E-state index in [9.17, 15) is 9.59 Å². The average Bonchev–Trinajstić information content (AvgIpc) is 3.12. The van der Waals surface area contributed by atoms with Gasteiger partial charge in [-0.15, -0.1) is 0 Å². The van der Waals surface area contributed by atoms with Crippen LogP contribution in [-0.4, -0.2) is 46.7 Å². The maximum atomic E-state index is 12.4. The molecule has 0 bridgehead atoms. The number of carboxylic acids is 1. The molecule has 1 aromatic heterocycles.